The quantitative estimate of drug-likeness (QED) is 0.767. The second kappa shape index (κ2) is 7.73. The highest BCUT2D eigenvalue weighted by Gasteiger charge is 2.57. The van der Waals surface area contributed by atoms with Gasteiger partial charge in [-0.2, -0.15) is 0 Å². The summed E-state index contributed by atoms with van der Waals surface area (Å²) in [4.78, 5) is 27.8. The van der Waals surface area contributed by atoms with Gasteiger partial charge in [0.15, 0.2) is 0 Å². The molecular formula is C22H26N2O2. The molecule has 26 heavy (non-hydrogen) atoms. The third-order valence-corrected chi connectivity index (χ3v) is 5.13. The second-order valence-electron chi connectivity index (χ2n) is 6.85. The number of aryl methyl sites for hydroxylation is 1. The number of nitrogens with one attached hydrogen (secondary N) is 1. The highest BCUT2D eigenvalue weighted by Crippen LogP contribution is 2.48. The first kappa shape index (κ1) is 18.2. The van der Waals surface area contributed by atoms with E-state index in [1.54, 1.807) is 4.90 Å². The first-order valence-corrected chi connectivity index (χ1v) is 9.33. The number of nitrogens with zero attached hydrogens (tertiary/aromatic N) is 1. The molecule has 0 radical (unpaired) electrons. The summed E-state index contributed by atoms with van der Waals surface area (Å²) in [7, 11) is 0. The maximum Gasteiger partial charge on any atom is 0.240 e. The van der Waals surface area contributed by atoms with Crippen molar-refractivity contribution in [2.24, 2.45) is 5.41 Å². The van der Waals surface area contributed by atoms with Gasteiger partial charge in [-0.1, -0.05) is 55.5 Å². The van der Waals surface area contributed by atoms with Gasteiger partial charge in [-0.3, -0.25) is 9.59 Å². The van der Waals surface area contributed by atoms with E-state index in [-0.39, 0.29) is 11.8 Å². The zero-order valence-corrected chi connectivity index (χ0v) is 15.5. The van der Waals surface area contributed by atoms with E-state index in [2.05, 4.69) is 12.2 Å². The Bertz CT molecular complexity index is 782. The molecule has 2 aromatic carbocycles. The first-order valence-electron chi connectivity index (χ1n) is 9.33. The minimum Gasteiger partial charge on any atom is -0.338 e. The van der Waals surface area contributed by atoms with E-state index in [1.807, 2.05) is 61.5 Å². The van der Waals surface area contributed by atoms with E-state index < -0.39 is 5.41 Å². The highest BCUT2D eigenvalue weighted by molar-refractivity contribution is 6.13. The molecule has 0 aliphatic heterocycles. The minimum absolute atomic E-state index is 0.0599. The van der Waals surface area contributed by atoms with Gasteiger partial charge in [0.1, 0.15) is 5.41 Å². The number of anilines is 1. The third-order valence-electron chi connectivity index (χ3n) is 5.13. The van der Waals surface area contributed by atoms with Gasteiger partial charge in [0, 0.05) is 18.8 Å². The fourth-order valence-electron chi connectivity index (χ4n) is 3.29. The third kappa shape index (κ3) is 3.64. The lowest BCUT2D eigenvalue weighted by Crippen LogP contribution is -2.42. The van der Waals surface area contributed by atoms with Crippen LogP contribution in [0.3, 0.4) is 0 Å². The van der Waals surface area contributed by atoms with Crippen LogP contribution < -0.4 is 5.32 Å². The fraction of sp³-hybridized carbons (Fsp3) is 0.364. The van der Waals surface area contributed by atoms with Gasteiger partial charge in [0.2, 0.25) is 11.8 Å². The Labute approximate surface area is 155 Å². The Morgan fingerprint density at radius 1 is 1.00 bits per heavy atom. The van der Waals surface area contributed by atoms with E-state index in [9.17, 15) is 9.59 Å². The van der Waals surface area contributed by atoms with Crippen molar-refractivity contribution in [1.29, 1.82) is 0 Å². The highest BCUT2D eigenvalue weighted by atomic mass is 16.2. The number of para-hydroxylation sites is 1. The number of benzene rings is 2. The van der Waals surface area contributed by atoms with Gasteiger partial charge in [-0.15, -0.1) is 0 Å². The van der Waals surface area contributed by atoms with Crippen LogP contribution in [0.5, 0.6) is 0 Å². The molecule has 0 atom stereocenters. The van der Waals surface area contributed by atoms with Crippen LogP contribution in [0.25, 0.3) is 0 Å². The monoisotopic (exact) mass is 350 g/mol. The van der Waals surface area contributed by atoms with E-state index in [1.165, 1.54) is 0 Å². The lowest BCUT2D eigenvalue weighted by molar-refractivity contribution is -0.142. The summed E-state index contributed by atoms with van der Waals surface area (Å²) in [5.41, 5.74) is 2.08. The number of hydrogen-bond acceptors (Lipinski definition) is 2. The molecule has 1 N–H and O–H groups in total. The number of rotatable bonds is 7. The van der Waals surface area contributed by atoms with Crippen LogP contribution in [-0.2, 0) is 22.6 Å². The van der Waals surface area contributed by atoms with Crippen LogP contribution in [0.1, 0.15) is 37.8 Å². The lowest BCUT2D eigenvalue weighted by atomic mass is 10.0. The van der Waals surface area contributed by atoms with Crippen LogP contribution in [-0.4, -0.2) is 23.3 Å². The smallest absolute Gasteiger partial charge is 0.240 e. The molecule has 0 spiro atoms. The van der Waals surface area contributed by atoms with Crippen molar-refractivity contribution in [3.8, 4) is 0 Å². The van der Waals surface area contributed by atoms with Crippen molar-refractivity contribution < 1.29 is 9.59 Å². The van der Waals surface area contributed by atoms with Crippen LogP contribution in [0.4, 0.5) is 5.69 Å². The Kier molecular flexibility index (Phi) is 5.40. The fourth-order valence-corrected chi connectivity index (χ4v) is 3.29. The Hall–Kier alpha value is -2.62. The number of carbonyl (C=O) groups is 2. The predicted octanol–water partition coefficient (Wildman–Crippen LogP) is 4.02. The van der Waals surface area contributed by atoms with Gasteiger partial charge in [-0.25, -0.2) is 0 Å². The van der Waals surface area contributed by atoms with E-state index in [4.69, 9.17) is 0 Å². The molecule has 1 fully saturated rings. The molecule has 1 aliphatic rings. The lowest BCUT2D eigenvalue weighted by Gasteiger charge is -2.26. The molecule has 0 saturated heterocycles. The molecule has 3 rings (SSSR count). The molecule has 1 aliphatic carbocycles. The summed E-state index contributed by atoms with van der Waals surface area (Å²) in [5, 5.41) is 3.00. The molecule has 4 heteroatoms. The molecule has 4 nitrogen and oxygen atoms in total. The van der Waals surface area contributed by atoms with Crippen molar-refractivity contribution in [1.82, 2.24) is 4.90 Å². The second-order valence-corrected chi connectivity index (χ2v) is 6.85. The predicted molar refractivity (Wildman–Crippen MR) is 104 cm³/mol. The van der Waals surface area contributed by atoms with E-state index >= 15 is 0 Å². The van der Waals surface area contributed by atoms with Gasteiger partial charge in [0.25, 0.3) is 0 Å². The van der Waals surface area contributed by atoms with Crippen molar-refractivity contribution >= 4 is 17.5 Å². The standard InChI is InChI=1S/C22H26N2O2/c1-3-18-12-8-9-13-19(18)23-20(25)22(14-15-22)21(26)24(4-2)16-17-10-6-5-7-11-17/h5-13H,3-4,14-16H2,1-2H3,(H,23,25). The molecule has 0 unspecified atom stereocenters. The first-order chi connectivity index (χ1) is 12.6. The van der Waals surface area contributed by atoms with Crippen molar-refractivity contribution in [2.45, 2.75) is 39.7 Å². The number of carbonyl (C=O) groups excluding carboxylic acids is 2. The molecular weight excluding hydrogens is 324 g/mol. The topological polar surface area (TPSA) is 49.4 Å². The van der Waals surface area contributed by atoms with Gasteiger partial charge in [-0.05, 0) is 43.4 Å². The summed E-state index contributed by atoms with van der Waals surface area (Å²) in [5.74, 6) is -0.231. The summed E-state index contributed by atoms with van der Waals surface area (Å²) in [6.07, 6.45) is 2.08. The van der Waals surface area contributed by atoms with Crippen molar-refractivity contribution in [2.75, 3.05) is 11.9 Å². The SMILES string of the molecule is CCc1ccccc1NC(=O)C1(C(=O)N(CC)Cc2ccccc2)CC1. The van der Waals surface area contributed by atoms with Crippen LogP contribution in [0.15, 0.2) is 54.6 Å². The van der Waals surface area contributed by atoms with Gasteiger partial charge >= 0.3 is 0 Å². The normalized spacial score (nSPS) is 14.5. The van der Waals surface area contributed by atoms with Crippen molar-refractivity contribution in [3.63, 3.8) is 0 Å². The van der Waals surface area contributed by atoms with E-state index in [0.717, 1.165) is 23.2 Å². The zero-order valence-electron chi connectivity index (χ0n) is 15.5. The molecule has 2 amide bonds. The maximum atomic E-state index is 13.1. The summed E-state index contributed by atoms with van der Waals surface area (Å²) >= 11 is 0. The molecule has 1 saturated carbocycles. The van der Waals surface area contributed by atoms with E-state index in [0.29, 0.717) is 25.9 Å². The Balaban J connectivity index is 1.74. The molecule has 0 aromatic heterocycles. The zero-order chi connectivity index (χ0) is 18.6. The Morgan fingerprint density at radius 3 is 2.27 bits per heavy atom. The molecule has 0 heterocycles. The average molecular weight is 350 g/mol. The molecule has 0 bridgehead atoms. The summed E-state index contributed by atoms with van der Waals surface area (Å²) < 4.78 is 0. The largest absolute Gasteiger partial charge is 0.338 e. The maximum absolute atomic E-state index is 13.1. The van der Waals surface area contributed by atoms with Gasteiger partial charge < -0.3 is 10.2 Å². The van der Waals surface area contributed by atoms with Crippen LogP contribution in [0.2, 0.25) is 0 Å². The Morgan fingerprint density at radius 2 is 1.65 bits per heavy atom. The van der Waals surface area contributed by atoms with Crippen LogP contribution >= 0.6 is 0 Å². The minimum atomic E-state index is -0.897. The number of amides is 2. The van der Waals surface area contributed by atoms with Crippen LogP contribution in [0, 0.1) is 5.41 Å². The van der Waals surface area contributed by atoms with Crippen molar-refractivity contribution in [3.05, 3.63) is 65.7 Å². The molecule has 136 valence electrons. The molecule has 2 aromatic rings. The number of hydrogen-bond donors (Lipinski definition) is 1. The van der Waals surface area contributed by atoms with Gasteiger partial charge in [0.05, 0.1) is 0 Å². The average Bonchev–Trinajstić information content (AvgIpc) is 3.49. The summed E-state index contributed by atoms with van der Waals surface area (Å²) in [6, 6.07) is 17.7. The summed E-state index contributed by atoms with van der Waals surface area (Å²) in [6.45, 7) is 5.15.